The summed E-state index contributed by atoms with van der Waals surface area (Å²) in [6, 6.07) is 5.42. The van der Waals surface area contributed by atoms with Crippen LogP contribution in [0.2, 0.25) is 0 Å². The summed E-state index contributed by atoms with van der Waals surface area (Å²) in [5, 5.41) is 2.25. The Labute approximate surface area is 154 Å². The molecule has 0 bridgehead atoms. The Morgan fingerprint density at radius 3 is 2.41 bits per heavy atom. The standard InChI is InChI=1S/C19H20F4N2O2/c1-4-25(10-12-5-8-16(27-3)14(21)9-12)11(2)19(26)24-15-7-6-13(20)17(22)18(15)23/h5-9,11H,4,10H2,1-3H3,(H,24,26)/t11-/m1/s1. The Hall–Kier alpha value is -2.61. The van der Waals surface area contributed by atoms with Crippen molar-refractivity contribution in [1.82, 2.24) is 4.90 Å². The van der Waals surface area contributed by atoms with E-state index in [4.69, 9.17) is 4.74 Å². The number of hydrogen-bond donors (Lipinski definition) is 1. The van der Waals surface area contributed by atoms with E-state index in [2.05, 4.69) is 5.32 Å². The summed E-state index contributed by atoms with van der Waals surface area (Å²) < 4.78 is 58.7. The van der Waals surface area contributed by atoms with Crippen LogP contribution in [0.1, 0.15) is 19.4 Å². The Balaban J connectivity index is 2.11. The number of halogens is 4. The van der Waals surface area contributed by atoms with E-state index in [1.807, 2.05) is 6.92 Å². The van der Waals surface area contributed by atoms with E-state index in [9.17, 15) is 22.4 Å². The van der Waals surface area contributed by atoms with Gasteiger partial charge in [-0.25, -0.2) is 17.6 Å². The van der Waals surface area contributed by atoms with E-state index < -0.39 is 40.9 Å². The summed E-state index contributed by atoms with van der Waals surface area (Å²) in [6.45, 7) is 4.09. The number of methoxy groups -OCH3 is 1. The highest BCUT2D eigenvalue weighted by Gasteiger charge is 2.23. The van der Waals surface area contributed by atoms with Gasteiger partial charge in [-0.05, 0) is 43.3 Å². The molecular formula is C19H20F4N2O2. The predicted molar refractivity (Wildman–Crippen MR) is 93.4 cm³/mol. The van der Waals surface area contributed by atoms with Crippen molar-refractivity contribution in [1.29, 1.82) is 0 Å². The third-order valence-corrected chi connectivity index (χ3v) is 4.23. The lowest BCUT2D eigenvalue weighted by Gasteiger charge is -2.27. The molecule has 2 rings (SSSR count). The fourth-order valence-corrected chi connectivity index (χ4v) is 2.59. The van der Waals surface area contributed by atoms with Gasteiger partial charge in [0.25, 0.3) is 0 Å². The minimum Gasteiger partial charge on any atom is -0.494 e. The fourth-order valence-electron chi connectivity index (χ4n) is 2.59. The van der Waals surface area contributed by atoms with Gasteiger partial charge in [-0.3, -0.25) is 9.69 Å². The zero-order valence-corrected chi connectivity index (χ0v) is 15.2. The smallest absolute Gasteiger partial charge is 0.241 e. The SMILES string of the molecule is CCN(Cc1ccc(OC)c(F)c1)[C@H](C)C(=O)Nc1ccc(F)c(F)c1F. The van der Waals surface area contributed by atoms with Gasteiger partial charge in [-0.15, -0.1) is 0 Å². The Bertz CT molecular complexity index is 830. The van der Waals surface area contributed by atoms with Gasteiger partial charge < -0.3 is 10.1 Å². The van der Waals surface area contributed by atoms with Crippen LogP contribution in [0.25, 0.3) is 0 Å². The molecule has 1 atom stereocenters. The molecule has 0 radical (unpaired) electrons. The molecule has 1 amide bonds. The highest BCUT2D eigenvalue weighted by atomic mass is 19.2. The zero-order valence-electron chi connectivity index (χ0n) is 15.2. The van der Waals surface area contributed by atoms with Crippen molar-refractivity contribution in [2.24, 2.45) is 0 Å². The molecule has 2 aromatic carbocycles. The number of rotatable bonds is 7. The van der Waals surface area contributed by atoms with Crippen molar-refractivity contribution < 1.29 is 27.1 Å². The van der Waals surface area contributed by atoms with Crippen LogP contribution in [0.15, 0.2) is 30.3 Å². The molecule has 0 aromatic heterocycles. The molecule has 0 unspecified atom stereocenters. The molecule has 0 aliphatic carbocycles. The summed E-state index contributed by atoms with van der Waals surface area (Å²) in [6.07, 6.45) is 0. The molecular weight excluding hydrogens is 364 g/mol. The van der Waals surface area contributed by atoms with E-state index in [0.29, 0.717) is 12.1 Å². The number of amides is 1. The summed E-state index contributed by atoms with van der Waals surface area (Å²) in [7, 11) is 1.36. The lowest BCUT2D eigenvalue weighted by atomic mass is 10.1. The number of nitrogens with zero attached hydrogens (tertiary/aromatic N) is 1. The molecule has 0 aliphatic rings. The van der Waals surface area contributed by atoms with E-state index in [1.165, 1.54) is 19.2 Å². The zero-order chi connectivity index (χ0) is 20.1. The third-order valence-electron chi connectivity index (χ3n) is 4.23. The maximum absolute atomic E-state index is 13.8. The minimum absolute atomic E-state index is 0.112. The van der Waals surface area contributed by atoms with Crippen LogP contribution in [-0.2, 0) is 11.3 Å². The van der Waals surface area contributed by atoms with E-state index in [1.54, 1.807) is 17.9 Å². The first-order valence-electron chi connectivity index (χ1n) is 8.29. The van der Waals surface area contributed by atoms with Crippen LogP contribution in [0.4, 0.5) is 23.2 Å². The van der Waals surface area contributed by atoms with Crippen molar-refractivity contribution in [3.8, 4) is 5.75 Å². The van der Waals surface area contributed by atoms with Gasteiger partial charge in [-0.2, -0.15) is 0 Å². The van der Waals surface area contributed by atoms with Crippen molar-refractivity contribution >= 4 is 11.6 Å². The summed E-state index contributed by atoms with van der Waals surface area (Å²) in [5.41, 5.74) is 0.172. The first-order valence-corrected chi connectivity index (χ1v) is 8.29. The lowest BCUT2D eigenvalue weighted by molar-refractivity contribution is -0.120. The molecule has 0 saturated carbocycles. The molecule has 146 valence electrons. The molecule has 0 aliphatic heterocycles. The van der Waals surface area contributed by atoms with E-state index in [-0.39, 0.29) is 12.3 Å². The van der Waals surface area contributed by atoms with Crippen molar-refractivity contribution in [3.05, 3.63) is 59.2 Å². The Kier molecular flexibility index (Phi) is 6.79. The highest BCUT2D eigenvalue weighted by Crippen LogP contribution is 2.21. The second-order valence-corrected chi connectivity index (χ2v) is 5.92. The van der Waals surface area contributed by atoms with Crippen molar-refractivity contribution in [2.75, 3.05) is 19.0 Å². The van der Waals surface area contributed by atoms with Gasteiger partial charge in [0, 0.05) is 6.54 Å². The predicted octanol–water partition coefficient (Wildman–Crippen LogP) is 4.10. The molecule has 1 N–H and O–H groups in total. The first-order chi connectivity index (χ1) is 12.8. The summed E-state index contributed by atoms with van der Waals surface area (Å²) >= 11 is 0. The second kappa shape index (κ2) is 8.85. The van der Waals surface area contributed by atoms with Crippen LogP contribution >= 0.6 is 0 Å². The van der Waals surface area contributed by atoms with Crippen molar-refractivity contribution in [3.63, 3.8) is 0 Å². The third kappa shape index (κ3) is 4.77. The van der Waals surface area contributed by atoms with Gasteiger partial charge in [0.15, 0.2) is 29.0 Å². The quantitative estimate of drug-likeness (QED) is 0.577. The van der Waals surface area contributed by atoms with Crippen molar-refractivity contribution in [2.45, 2.75) is 26.4 Å². The van der Waals surface area contributed by atoms with Gasteiger partial charge in [0.2, 0.25) is 5.91 Å². The maximum atomic E-state index is 13.8. The molecule has 8 heteroatoms. The monoisotopic (exact) mass is 384 g/mol. The molecule has 2 aromatic rings. The van der Waals surface area contributed by atoms with E-state index in [0.717, 1.165) is 12.1 Å². The molecule has 4 nitrogen and oxygen atoms in total. The molecule has 27 heavy (non-hydrogen) atoms. The van der Waals surface area contributed by atoms with Crippen LogP contribution in [-0.4, -0.2) is 30.5 Å². The van der Waals surface area contributed by atoms with Gasteiger partial charge >= 0.3 is 0 Å². The van der Waals surface area contributed by atoms with Gasteiger partial charge in [0.05, 0.1) is 18.8 Å². The second-order valence-electron chi connectivity index (χ2n) is 5.92. The number of ether oxygens (including phenoxy) is 1. The van der Waals surface area contributed by atoms with E-state index >= 15 is 0 Å². The van der Waals surface area contributed by atoms with Crippen LogP contribution in [0.3, 0.4) is 0 Å². The number of carbonyl (C=O) groups excluding carboxylic acids is 1. The first kappa shape index (κ1) is 20.7. The number of carbonyl (C=O) groups is 1. The van der Waals surface area contributed by atoms with Gasteiger partial charge in [-0.1, -0.05) is 13.0 Å². The summed E-state index contributed by atoms with van der Waals surface area (Å²) in [4.78, 5) is 14.1. The molecule has 0 spiro atoms. The average Bonchev–Trinajstić information content (AvgIpc) is 2.66. The highest BCUT2D eigenvalue weighted by molar-refractivity contribution is 5.94. The maximum Gasteiger partial charge on any atom is 0.241 e. The average molecular weight is 384 g/mol. The van der Waals surface area contributed by atoms with Crippen LogP contribution in [0.5, 0.6) is 5.75 Å². The Morgan fingerprint density at radius 1 is 1.11 bits per heavy atom. The largest absolute Gasteiger partial charge is 0.494 e. The van der Waals surface area contributed by atoms with Crippen LogP contribution in [0, 0.1) is 23.3 Å². The fraction of sp³-hybridized carbons (Fsp3) is 0.316. The molecule has 0 saturated heterocycles. The number of nitrogens with one attached hydrogen (secondary N) is 1. The Morgan fingerprint density at radius 2 is 1.81 bits per heavy atom. The summed E-state index contributed by atoms with van der Waals surface area (Å²) in [5.74, 6) is -5.46. The number of benzene rings is 2. The minimum atomic E-state index is -1.65. The van der Waals surface area contributed by atoms with Crippen LogP contribution < -0.4 is 10.1 Å². The normalized spacial score (nSPS) is 12.1. The molecule has 0 heterocycles. The lowest BCUT2D eigenvalue weighted by Crippen LogP contribution is -2.41. The number of hydrogen-bond acceptors (Lipinski definition) is 3. The number of anilines is 1. The topological polar surface area (TPSA) is 41.6 Å². The van der Waals surface area contributed by atoms with Gasteiger partial charge in [0.1, 0.15) is 0 Å². The number of likely N-dealkylation sites (N-methyl/N-ethyl adjacent to an activating group) is 1. The molecule has 0 fully saturated rings.